The van der Waals surface area contributed by atoms with Crippen molar-refractivity contribution in [1.29, 1.82) is 0 Å². The van der Waals surface area contributed by atoms with E-state index in [4.69, 9.17) is 4.42 Å². The molecule has 0 saturated carbocycles. The number of carbonyl (C=O) groups excluding carboxylic acids is 1. The van der Waals surface area contributed by atoms with Crippen molar-refractivity contribution in [2.45, 2.75) is 58.5 Å². The van der Waals surface area contributed by atoms with E-state index in [1.165, 1.54) is 18.4 Å². The average Bonchev–Trinajstić information content (AvgIpc) is 3.09. The van der Waals surface area contributed by atoms with Crippen molar-refractivity contribution in [3.8, 4) is 11.8 Å². The highest BCUT2D eigenvalue weighted by atomic mass is 16.3. The van der Waals surface area contributed by atoms with Gasteiger partial charge in [0.1, 0.15) is 11.4 Å². The minimum Gasteiger partial charge on any atom is -0.443 e. The molecule has 2 heterocycles. The van der Waals surface area contributed by atoms with E-state index >= 15 is 0 Å². The summed E-state index contributed by atoms with van der Waals surface area (Å²) >= 11 is 0. The summed E-state index contributed by atoms with van der Waals surface area (Å²) in [5, 5.41) is 12.4. The molecular weight excluding hydrogens is 342 g/mol. The molecule has 1 aliphatic rings. The van der Waals surface area contributed by atoms with E-state index in [-0.39, 0.29) is 11.7 Å². The van der Waals surface area contributed by atoms with E-state index in [9.17, 15) is 9.90 Å². The van der Waals surface area contributed by atoms with E-state index in [2.05, 4.69) is 27.1 Å². The van der Waals surface area contributed by atoms with Gasteiger partial charge in [0.15, 0.2) is 11.5 Å². The highest BCUT2D eigenvalue weighted by Crippen LogP contribution is 2.21. The number of amides is 1. The van der Waals surface area contributed by atoms with Crippen LogP contribution in [0.4, 0.5) is 0 Å². The van der Waals surface area contributed by atoms with Gasteiger partial charge >= 0.3 is 0 Å². The summed E-state index contributed by atoms with van der Waals surface area (Å²) in [5.74, 6) is 6.36. The molecule has 0 atom stereocenters. The molecule has 0 radical (unpaired) electrons. The fourth-order valence-electron chi connectivity index (χ4n) is 3.07. The first-order valence-electron chi connectivity index (χ1n) is 9.31. The van der Waals surface area contributed by atoms with Crippen molar-refractivity contribution >= 4 is 5.91 Å². The fourth-order valence-corrected chi connectivity index (χ4v) is 3.07. The number of aryl methyl sites for hydroxylation is 2. The van der Waals surface area contributed by atoms with Crippen LogP contribution in [0.15, 0.2) is 16.5 Å². The van der Waals surface area contributed by atoms with Gasteiger partial charge in [-0.1, -0.05) is 5.92 Å². The number of fused-ring (bicyclic) bond motifs is 1. The van der Waals surface area contributed by atoms with Crippen molar-refractivity contribution in [2.75, 3.05) is 6.54 Å². The molecule has 0 saturated heterocycles. The van der Waals surface area contributed by atoms with Gasteiger partial charge in [-0.15, -0.1) is 0 Å². The summed E-state index contributed by atoms with van der Waals surface area (Å²) in [7, 11) is 0. The molecule has 6 heteroatoms. The monoisotopic (exact) mass is 367 g/mol. The molecule has 0 spiro atoms. The normalized spacial score (nSPS) is 13.5. The minimum atomic E-state index is -1.11. The zero-order valence-corrected chi connectivity index (χ0v) is 16.1. The second-order valence-corrected chi connectivity index (χ2v) is 7.34. The molecule has 1 aliphatic carbocycles. The van der Waals surface area contributed by atoms with Gasteiger partial charge in [0.05, 0.1) is 0 Å². The molecule has 0 aromatic carbocycles. The number of aliphatic hydroxyl groups is 1. The number of nitrogens with zero attached hydrogens (tertiary/aromatic N) is 2. The molecular formula is C21H25N3O3. The molecule has 27 heavy (non-hydrogen) atoms. The van der Waals surface area contributed by atoms with E-state index in [0.29, 0.717) is 18.7 Å². The van der Waals surface area contributed by atoms with Crippen molar-refractivity contribution in [3.05, 3.63) is 46.4 Å². The average molecular weight is 367 g/mol. The molecule has 0 unspecified atom stereocenters. The summed E-state index contributed by atoms with van der Waals surface area (Å²) in [6, 6.07) is 3.19. The first-order valence-corrected chi connectivity index (χ1v) is 9.31. The molecule has 3 rings (SSSR count). The predicted octanol–water partition coefficient (Wildman–Crippen LogP) is 2.35. The molecule has 1 amide bonds. The van der Waals surface area contributed by atoms with Crippen LogP contribution in [0.2, 0.25) is 0 Å². The topological polar surface area (TPSA) is 88.2 Å². The lowest BCUT2D eigenvalue weighted by atomic mass is 9.95. The zero-order valence-electron chi connectivity index (χ0n) is 16.1. The van der Waals surface area contributed by atoms with Crippen LogP contribution < -0.4 is 5.32 Å². The van der Waals surface area contributed by atoms with Gasteiger partial charge < -0.3 is 14.8 Å². The third-order valence-electron chi connectivity index (χ3n) is 4.39. The lowest BCUT2D eigenvalue weighted by Gasteiger charge is -2.17. The first kappa shape index (κ1) is 19.1. The number of rotatable bonds is 4. The van der Waals surface area contributed by atoms with Gasteiger partial charge in [-0.05, 0) is 70.1 Å². The fraction of sp³-hybridized carbons (Fsp3) is 0.476. The lowest BCUT2D eigenvalue weighted by molar-refractivity contribution is 0.0926. The predicted molar refractivity (Wildman–Crippen MR) is 101 cm³/mol. The summed E-state index contributed by atoms with van der Waals surface area (Å²) in [4.78, 5) is 21.5. The number of hydrogen-bond acceptors (Lipinski definition) is 5. The van der Waals surface area contributed by atoms with Gasteiger partial charge in [0, 0.05) is 24.4 Å². The lowest BCUT2D eigenvalue weighted by Crippen LogP contribution is -2.26. The Kier molecular flexibility index (Phi) is 5.62. The number of furan rings is 1. The summed E-state index contributed by atoms with van der Waals surface area (Å²) in [5.41, 5.74) is 2.41. The molecule has 0 bridgehead atoms. The van der Waals surface area contributed by atoms with Crippen LogP contribution in [-0.4, -0.2) is 33.1 Å². The van der Waals surface area contributed by atoms with E-state index in [1.807, 2.05) is 6.92 Å². The Bertz CT molecular complexity index is 898. The Labute approximate surface area is 159 Å². The quantitative estimate of drug-likeness (QED) is 0.810. The van der Waals surface area contributed by atoms with Gasteiger partial charge in [-0.2, -0.15) is 0 Å². The van der Waals surface area contributed by atoms with E-state index in [0.717, 1.165) is 30.1 Å². The maximum absolute atomic E-state index is 12.2. The summed E-state index contributed by atoms with van der Waals surface area (Å²) < 4.78 is 5.41. The Morgan fingerprint density at radius 3 is 2.85 bits per heavy atom. The van der Waals surface area contributed by atoms with Crippen molar-refractivity contribution in [1.82, 2.24) is 15.3 Å². The van der Waals surface area contributed by atoms with Gasteiger partial charge in [-0.3, -0.25) is 4.79 Å². The van der Waals surface area contributed by atoms with Crippen LogP contribution in [0.5, 0.6) is 0 Å². The molecule has 2 N–H and O–H groups in total. The summed E-state index contributed by atoms with van der Waals surface area (Å²) in [6.07, 6.45) is 5.04. The number of aromatic nitrogens is 2. The minimum absolute atomic E-state index is 0.192. The van der Waals surface area contributed by atoms with Crippen LogP contribution in [0, 0.1) is 18.8 Å². The largest absolute Gasteiger partial charge is 0.443 e. The first-order chi connectivity index (χ1) is 12.8. The maximum atomic E-state index is 12.2. The molecule has 2 aromatic rings. The molecule has 0 fully saturated rings. The summed E-state index contributed by atoms with van der Waals surface area (Å²) in [6.45, 7) is 5.64. The van der Waals surface area contributed by atoms with Gasteiger partial charge in [0.25, 0.3) is 5.91 Å². The Hall–Kier alpha value is -2.65. The standard InChI is InChI=1S/C21H25N3O3/c1-14-16-6-4-5-7-17(16)24-19(23-14)11-13-22-20(25)18-9-8-15(27-18)10-12-21(2,3)26/h8-9,26H,4-7,11,13H2,1-3H3,(H,22,25). The molecule has 142 valence electrons. The van der Waals surface area contributed by atoms with Crippen molar-refractivity contribution < 1.29 is 14.3 Å². The molecule has 0 aliphatic heterocycles. The van der Waals surface area contributed by atoms with Crippen LogP contribution >= 0.6 is 0 Å². The molecule has 2 aromatic heterocycles. The Balaban J connectivity index is 1.56. The third kappa shape index (κ3) is 5.18. The second-order valence-electron chi connectivity index (χ2n) is 7.34. The number of carbonyl (C=O) groups is 1. The van der Waals surface area contributed by atoms with Crippen molar-refractivity contribution in [3.63, 3.8) is 0 Å². The van der Waals surface area contributed by atoms with Crippen molar-refractivity contribution in [2.24, 2.45) is 0 Å². The SMILES string of the molecule is Cc1nc(CCNC(=O)c2ccc(C#CC(C)(C)O)o2)nc2c1CCCC2. The number of nitrogens with one attached hydrogen (secondary N) is 1. The molecule has 6 nitrogen and oxygen atoms in total. The van der Waals surface area contributed by atoms with Crippen LogP contribution in [0.25, 0.3) is 0 Å². The Morgan fingerprint density at radius 1 is 1.30 bits per heavy atom. The Morgan fingerprint density at radius 2 is 2.07 bits per heavy atom. The smallest absolute Gasteiger partial charge is 0.287 e. The number of hydrogen-bond donors (Lipinski definition) is 2. The van der Waals surface area contributed by atoms with Crippen LogP contribution in [0.3, 0.4) is 0 Å². The van der Waals surface area contributed by atoms with E-state index < -0.39 is 5.60 Å². The van der Waals surface area contributed by atoms with Crippen LogP contribution in [0.1, 0.15) is 65.8 Å². The maximum Gasteiger partial charge on any atom is 0.287 e. The highest BCUT2D eigenvalue weighted by Gasteiger charge is 2.16. The second kappa shape index (κ2) is 7.93. The highest BCUT2D eigenvalue weighted by molar-refractivity contribution is 5.91. The zero-order chi connectivity index (χ0) is 19.4. The van der Waals surface area contributed by atoms with Gasteiger partial charge in [0.2, 0.25) is 0 Å². The van der Waals surface area contributed by atoms with Crippen LogP contribution in [-0.2, 0) is 19.3 Å². The third-order valence-corrected chi connectivity index (χ3v) is 4.39. The van der Waals surface area contributed by atoms with Gasteiger partial charge in [-0.25, -0.2) is 9.97 Å². The van der Waals surface area contributed by atoms with E-state index in [1.54, 1.807) is 26.0 Å².